The Hall–Kier alpha value is -0.620. The predicted octanol–water partition coefficient (Wildman–Crippen LogP) is 6.20. The molecule has 0 unspecified atom stereocenters. The number of hydrogen-bond acceptors (Lipinski definition) is 3. The molecule has 21 heavy (non-hydrogen) atoms. The molecule has 6 heteroatoms. The van der Waals surface area contributed by atoms with E-state index in [1.807, 2.05) is 30.5 Å². The minimum Gasteiger partial charge on any atom is -0.227 e. The molecule has 0 atom stereocenters. The molecule has 1 heterocycles. The van der Waals surface area contributed by atoms with Crippen molar-refractivity contribution in [1.82, 2.24) is 9.97 Å². The number of hydrogen-bond donors (Lipinski definition) is 0. The lowest BCUT2D eigenvalue weighted by Crippen LogP contribution is -1.93. The first kappa shape index (κ1) is 15.3. The predicted molar refractivity (Wildman–Crippen MR) is 97.2 cm³/mol. The Morgan fingerprint density at radius 3 is 2.43 bits per heavy atom. The molecule has 0 N–H and O–H groups in total. The van der Waals surface area contributed by atoms with E-state index in [1.165, 1.54) is 4.90 Å². The largest absolute Gasteiger partial charge is 0.227 e. The molecule has 0 aliphatic rings. The summed E-state index contributed by atoms with van der Waals surface area (Å²) in [4.78, 5) is 10.3. The van der Waals surface area contributed by atoms with Crippen LogP contribution in [0.5, 0.6) is 0 Å². The molecular weight excluding hydrogens is 436 g/mol. The van der Waals surface area contributed by atoms with Crippen LogP contribution >= 0.6 is 55.2 Å². The highest BCUT2D eigenvalue weighted by Gasteiger charge is 2.11. The van der Waals surface area contributed by atoms with Gasteiger partial charge in [-0.2, -0.15) is 0 Å². The number of benzene rings is 2. The van der Waals surface area contributed by atoms with Crippen molar-refractivity contribution in [3.63, 3.8) is 0 Å². The van der Waals surface area contributed by atoms with Gasteiger partial charge in [0.1, 0.15) is 5.15 Å². The maximum Gasteiger partial charge on any atom is 0.161 e. The van der Waals surface area contributed by atoms with Crippen molar-refractivity contribution in [2.45, 2.75) is 4.90 Å². The number of rotatable bonds is 2. The maximum atomic E-state index is 6.32. The highest BCUT2D eigenvalue weighted by molar-refractivity contribution is 9.11. The SMILES string of the molecule is CSc1ccc(-c2nc(Cl)c3cc(Br)cc(Br)c3n2)cc1. The fourth-order valence-electron chi connectivity index (χ4n) is 1.99. The highest BCUT2D eigenvalue weighted by atomic mass is 79.9. The molecule has 106 valence electrons. The van der Waals surface area contributed by atoms with Crippen LogP contribution in [0.4, 0.5) is 0 Å². The van der Waals surface area contributed by atoms with E-state index in [9.17, 15) is 0 Å². The summed E-state index contributed by atoms with van der Waals surface area (Å²) in [5, 5.41) is 1.27. The van der Waals surface area contributed by atoms with E-state index in [1.54, 1.807) is 11.8 Å². The number of aromatic nitrogens is 2. The van der Waals surface area contributed by atoms with Gasteiger partial charge in [-0.25, -0.2) is 9.97 Å². The van der Waals surface area contributed by atoms with Crippen LogP contribution in [0.3, 0.4) is 0 Å². The molecule has 0 fully saturated rings. The van der Waals surface area contributed by atoms with Crippen LogP contribution in [-0.4, -0.2) is 16.2 Å². The fourth-order valence-corrected chi connectivity index (χ4v) is 3.94. The first-order valence-corrected chi connectivity index (χ1v) is 9.24. The van der Waals surface area contributed by atoms with E-state index in [4.69, 9.17) is 11.6 Å². The Balaban J connectivity index is 2.19. The van der Waals surface area contributed by atoms with Gasteiger partial charge in [-0.15, -0.1) is 11.8 Å². The van der Waals surface area contributed by atoms with Crippen LogP contribution in [-0.2, 0) is 0 Å². The molecule has 3 rings (SSSR count). The molecule has 0 radical (unpaired) electrons. The zero-order chi connectivity index (χ0) is 15.0. The molecule has 0 spiro atoms. The van der Waals surface area contributed by atoms with Gasteiger partial charge in [0.05, 0.1) is 5.52 Å². The zero-order valence-electron chi connectivity index (χ0n) is 10.9. The molecule has 3 aromatic rings. The van der Waals surface area contributed by atoms with E-state index >= 15 is 0 Å². The molecule has 0 saturated carbocycles. The van der Waals surface area contributed by atoms with Crippen molar-refractivity contribution in [3.8, 4) is 11.4 Å². The third kappa shape index (κ3) is 3.11. The van der Waals surface area contributed by atoms with Crippen molar-refractivity contribution < 1.29 is 0 Å². The first-order chi connectivity index (χ1) is 10.1. The summed E-state index contributed by atoms with van der Waals surface area (Å²) in [6, 6.07) is 12.0. The van der Waals surface area contributed by atoms with E-state index in [2.05, 4.69) is 54.0 Å². The highest BCUT2D eigenvalue weighted by Crippen LogP contribution is 2.32. The van der Waals surface area contributed by atoms with Crippen molar-refractivity contribution in [2.75, 3.05) is 6.26 Å². The first-order valence-electron chi connectivity index (χ1n) is 6.05. The Morgan fingerprint density at radius 1 is 1.05 bits per heavy atom. The van der Waals surface area contributed by atoms with Gasteiger partial charge in [0.15, 0.2) is 5.82 Å². The van der Waals surface area contributed by atoms with Crippen molar-refractivity contribution in [1.29, 1.82) is 0 Å². The number of halogens is 3. The Bertz CT molecular complexity index is 822. The van der Waals surface area contributed by atoms with Crippen LogP contribution in [0.2, 0.25) is 5.15 Å². The Morgan fingerprint density at radius 2 is 1.76 bits per heavy atom. The van der Waals surface area contributed by atoms with Gasteiger partial charge < -0.3 is 0 Å². The van der Waals surface area contributed by atoms with Gasteiger partial charge >= 0.3 is 0 Å². The van der Waals surface area contributed by atoms with Crippen molar-refractivity contribution >= 4 is 66.1 Å². The zero-order valence-corrected chi connectivity index (χ0v) is 15.6. The summed E-state index contributed by atoms with van der Waals surface area (Å²) in [5.41, 5.74) is 1.76. The molecule has 1 aromatic heterocycles. The van der Waals surface area contributed by atoms with Gasteiger partial charge in [0, 0.05) is 24.8 Å². The van der Waals surface area contributed by atoms with E-state index < -0.39 is 0 Å². The summed E-state index contributed by atoms with van der Waals surface area (Å²) in [6.07, 6.45) is 2.05. The van der Waals surface area contributed by atoms with Crippen LogP contribution in [0, 0.1) is 0 Å². The summed E-state index contributed by atoms with van der Waals surface area (Å²) in [5.74, 6) is 0.628. The lowest BCUT2D eigenvalue weighted by Gasteiger charge is -2.07. The lowest BCUT2D eigenvalue weighted by molar-refractivity contribution is 1.22. The summed E-state index contributed by atoms with van der Waals surface area (Å²) in [7, 11) is 0. The average Bonchev–Trinajstić information content (AvgIpc) is 2.48. The van der Waals surface area contributed by atoms with Crippen LogP contribution in [0.1, 0.15) is 0 Å². The number of thioether (sulfide) groups is 1. The number of fused-ring (bicyclic) bond motifs is 1. The van der Waals surface area contributed by atoms with Crippen LogP contribution < -0.4 is 0 Å². The molecule has 0 bridgehead atoms. The minimum atomic E-state index is 0.450. The monoisotopic (exact) mass is 442 g/mol. The van der Waals surface area contributed by atoms with E-state index in [-0.39, 0.29) is 0 Å². The quantitative estimate of drug-likeness (QED) is 0.348. The molecule has 2 nitrogen and oxygen atoms in total. The third-order valence-corrected chi connectivity index (χ3v) is 5.11. The second-order valence-electron chi connectivity index (χ2n) is 4.35. The molecule has 2 aromatic carbocycles. The lowest BCUT2D eigenvalue weighted by atomic mass is 10.2. The molecule has 0 aliphatic carbocycles. The van der Waals surface area contributed by atoms with Gasteiger partial charge in [-0.05, 0) is 46.5 Å². The summed E-state index contributed by atoms with van der Waals surface area (Å²) < 4.78 is 1.82. The van der Waals surface area contributed by atoms with E-state index in [0.717, 1.165) is 25.4 Å². The summed E-state index contributed by atoms with van der Waals surface area (Å²) in [6.45, 7) is 0. The second-order valence-corrected chi connectivity index (χ2v) is 7.36. The summed E-state index contributed by atoms with van der Waals surface area (Å²) >= 11 is 15.0. The van der Waals surface area contributed by atoms with Gasteiger partial charge in [0.2, 0.25) is 0 Å². The normalized spacial score (nSPS) is 11.0. The molecule has 0 saturated heterocycles. The standard InChI is InChI=1S/C15H9Br2ClN2S/c1-21-10-4-2-8(3-5-10)15-19-13-11(14(18)20-15)6-9(16)7-12(13)17/h2-7H,1H3. The van der Waals surface area contributed by atoms with Crippen molar-refractivity contribution in [2.24, 2.45) is 0 Å². The molecule has 0 aliphatic heterocycles. The number of nitrogens with zero attached hydrogens (tertiary/aromatic N) is 2. The molecule has 0 amide bonds. The minimum absolute atomic E-state index is 0.450. The smallest absolute Gasteiger partial charge is 0.161 e. The van der Waals surface area contributed by atoms with Gasteiger partial charge in [-0.3, -0.25) is 0 Å². The fraction of sp³-hybridized carbons (Fsp3) is 0.0667. The van der Waals surface area contributed by atoms with Gasteiger partial charge in [-0.1, -0.05) is 39.7 Å². The van der Waals surface area contributed by atoms with Crippen molar-refractivity contribution in [3.05, 3.63) is 50.5 Å². The molecular formula is C15H9Br2ClN2S. The van der Waals surface area contributed by atoms with E-state index in [0.29, 0.717) is 11.0 Å². The van der Waals surface area contributed by atoms with Gasteiger partial charge in [0.25, 0.3) is 0 Å². The second kappa shape index (κ2) is 6.24. The Kier molecular flexibility index (Phi) is 4.54. The average molecular weight is 445 g/mol. The van der Waals surface area contributed by atoms with Crippen LogP contribution in [0.25, 0.3) is 22.3 Å². The topological polar surface area (TPSA) is 25.8 Å². The Labute approximate surface area is 148 Å². The third-order valence-electron chi connectivity index (χ3n) is 3.02. The maximum absolute atomic E-state index is 6.32. The van der Waals surface area contributed by atoms with Crippen LogP contribution in [0.15, 0.2) is 50.2 Å².